The predicted molar refractivity (Wildman–Crippen MR) is 49.2 cm³/mol. The van der Waals surface area contributed by atoms with E-state index in [1.54, 1.807) is 11.3 Å². The first-order valence-corrected chi connectivity index (χ1v) is 5.45. The monoisotopic (exact) mass is 186 g/mol. The Bertz CT molecular complexity index is 256. The number of hydrogen-bond donors (Lipinski definition) is 1. The molecule has 0 saturated heterocycles. The van der Waals surface area contributed by atoms with Gasteiger partial charge in [0.1, 0.15) is 0 Å². The maximum absolute atomic E-state index is 9.61. The molecule has 1 aromatic rings. The van der Waals surface area contributed by atoms with Gasteiger partial charge in [0.2, 0.25) is 0 Å². The molecule has 0 bridgehead atoms. The molecule has 1 N–H and O–H groups in total. The summed E-state index contributed by atoms with van der Waals surface area (Å²) in [5.74, 6) is 0. The van der Waals surface area contributed by atoms with Crippen molar-refractivity contribution in [1.29, 1.82) is 0 Å². The number of aliphatic hydroxyl groups is 1. The van der Waals surface area contributed by atoms with E-state index < -0.39 is 0 Å². The van der Waals surface area contributed by atoms with Crippen LogP contribution in [0.4, 0.5) is 0 Å². The van der Waals surface area contributed by atoms with Gasteiger partial charge in [-0.1, -0.05) is 6.92 Å². The molecule has 0 radical (unpaired) electrons. The molecule has 0 spiro atoms. The fourth-order valence-corrected chi connectivity index (χ4v) is 3.86. The van der Waals surface area contributed by atoms with Gasteiger partial charge in [0.05, 0.1) is 10.3 Å². The zero-order valence-corrected chi connectivity index (χ0v) is 7.91. The Kier molecular flexibility index (Phi) is 1.95. The van der Waals surface area contributed by atoms with Gasteiger partial charge in [-0.15, -0.1) is 23.1 Å². The first-order chi connectivity index (χ1) is 5.27. The second-order valence-corrected chi connectivity index (χ2v) is 5.47. The summed E-state index contributed by atoms with van der Waals surface area (Å²) in [5, 5.41) is 12.2. The van der Waals surface area contributed by atoms with Crippen LogP contribution in [-0.2, 0) is 0 Å². The molecule has 0 aliphatic carbocycles. The molecule has 2 heterocycles. The van der Waals surface area contributed by atoms with Crippen LogP contribution >= 0.6 is 23.1 Å². The highest BCUT2D eigenvalue weighted by molar-refractivity contribution is 8.01. The number of hydrogen-bond acceptors (Lipinski definition) is 3. The van der Waals surface area contributed by atoms with Gasteiger partial charge >= 0.3 is 0 Å². The first-order valence-electron chi connectivity index (χ1n) is 3.69. The molecule has 1 aliphatic heterocycles. The number of aliphatic hydroxyl groups excluding tert-OH is 1. The lowest BCUT2D eigenvalue weighted by molar-refractivity contribution is 0.164. The van der Waals surface area contributed by atoms with E-state index >= 15 is 0 Å². The molecule has 1 unspecified atom stereocenters. The third-order valence-corrected chi connectivity index (χ3v) is 4.22. The lowest BCUT2D eigenvalue weighted by Gasteiger charge is -2.22. The van der Waals surface area contributed by atoms with Crippen LogP contribution in [0.25, 0.3) is 0 Å². The van der Waals surface area contributed by atoms with Crippen LogP contribution in [0.2, 0.25) is 0 Å². The van der Waals surface area contributed by atoms with Gasteiger partial charge in [0.15, 0.2) is 0 Å². The van der Waals surface area contributed by atoms with Crippen molar-refractivity contribution in [3.8, 4) is 0 Å². The summed E-state index contributed by atoms with van der Waals surface area (Å²) in [4.78, 5) is 0. The van der Waals surface area contributed by atoms with Crippen LogP contribution in [0.3, 0.4) is 0 Å². The van der Waals surface area contributed by atoms with Crippen LogP contribution in [0.1, 0.15) is 25.0 Å². The van der Waals surface area contributed by atoms with Crippen molar-refractivity contribution in [2.45, 2.75) is 28.9 Å². The average molecular weight is 186 g/mol. The minimum atomic E-state index is -0.215. The molecule has 60 valence electrons. The second kappa shape index (κ2) is 2.81. The normalized spacial score (nSPS) is 30.0. The number of fused-ring (bicyclic) bond motifs is 1. The van der Waals surface area contributed by atoms with E-state index in [9.17, 15) is 5.11 Å². The Balaban J connectivity index is 2.36. The van der Waals surface area contributed by atoms with Crippen LogP contribution in [0.15, 0.2) is 15.7 Å². The molecule has 1 nitrogen and oxygen atoms in total. The zero-order valence-electron chi connectivity index (χ0n) is 6.28. The van der Waals surface area contributed by atoms with E-state index in [0.717, 1.165) is 12.0 Å². The van der Waals surface area contributed by atoms with E-state index in [2.05, 4.69) is 12.3 Å². The maximum atomic E-state index is 9.61. The van der Waals surface area contributed by atoms with Crippen molar-refractivity contribution in [3.05, 3.63) is 17.0 Å². The quantitative estimate of drug-likeness (QED) is 0.672. The van der Waals surface area contributed by atoms with E-state index in [1.807, 2.05) is 17.8 Å². The van der Waals surface area contributed by atoms with Gasteiger partial charge in [-0.05, 0) is 17.9 Å². The Morgan fingerprint density at radius 2 is 2.45 bits per heavy atom. The highest BCUT2D eigenvalue weighted by atomic mass is 32.2. The summed E-state index contributed by atoms with van der Waals surface area (Å²) < 4.78 is 1.30. The third kappa shape index (κ3) is 1.33. The van der Waals surface area contributed by atoms with E-state index in [4.69, 9.17) is 0 Å². The molecule has 3 heteroatoms. The minimum Gasteiger partial charge on any atom is -0.388 e. The van der Waals surface area contributed by atoms with Crippen molar-refractivity contribution in [2.75, 3.05) is 0 Å². The minimum absolute atomic E-state index is 0.215. The van der Waals surface area contributed by atoms with Gasteiger partial charge in [-0.3, -0.25) is 0 Å². The highest BCUT2D eigenvalue weighted by Gasteiger charge is 2.23. The molecule has 1 aliphatic rings. The molecule has 0 aromatic carbocycles. The van der Waals surface area contributed by atoms with Crippen molar-refractivity contribution in [2.24, 2.45) is 0 Å². The van der Waals surface area contributed by atoms with E-state index in [-0.39, 0.29) is 6.10 Å². The summed E-state index contributed by atoms with van der Waals surface area (Å²) in [6.45, 7) is 2.16. The first kappa shape index (κ1) is 7.65. The molecule has 11 heavy (non-hydrogen) atoms. The Morgan fingerprint density at radius 1 is 1.64 bits per heavy atom. The van der Waals surface area contributed by atoms with Crippen molar-refractivity contribution < 1.29 is 5.11 Å². The molecule has 1 aromatic heterocycles. The second-order valence-electron chi connectivity index (χ2n) is 2.84. The lowest BCUT2D eigenvalue weighted by atomic mass is 10.1. The molecular weight excluding hydrogens is 176 g/mol. The van der Waals surface area contributed by atoms with Crippen molar-refractivity contribution in [3.63, 3.8) is 0 Å². The van der Waals surface area contributed by atoms with Gasteiger partial charge in [0.25, 0.3) is 0 Å². The molecule has 2 rings (SSSR count). The Hall–Kier alpha value is 0.01000. The third-order valence-electron chi connectivity index (χ3n) is 1.88. The molecule has 2 atom stereocenters. The van der Waals surface area contributed by atoms with Crippen LogP contribution in [-0.4, -0.2) is 10.4 Å². The summed E-state index contributed by atoms with van der Waals surface area (Å²) >= 11 is 3.62. The molecular formula is C8H10OS2. The van der Waals surface area contributed by atoms with Crippen molar-refractivity contribution >= 4 is 23.1 Å². The molecule has 0 saturated carbocycles. The fourth-order valence-electron chi connectivity index (χ4n) is 1.32. The van der Waals surface area contributed by atoms with Gasteiger partial charge in [-0.25, -0.2) is 0 Å². The van der Waals surface area contributed by atoms with Crippen LogP contribution in [0.5, 0.6) is 0 Å². The number of thiophene rings is 1. The summed E-state index contributed by atoms with van der Waals surface area (Å²) in [7, 11) is 0. The number of rotatable bonds is 0. The smallest absolute Gasteiger partial charge is 0.0819 e. The molecule has 0 amide bonds. The maximum Gasteiger partial charge on any atom is 0.0819 e. The largest absolute Gasteiger partial charge is 0.388 e. The standard InChI is InChI=1S/C8H10OS2/c1-5-4-7(9)6-2-3-10-8(6)11-5/h2-3,5,7,9H,4H2,1H3/t5-,7?/m0/s1. The summed E-state index contributed by atoms with van der Waals surface area (Å²) in [5.41, 5.74) is 1.14. The van der Waals surface area contributed by atoms with Crippen molar-refractivity contribution in [1.82, 2.24) is 0 Å². The van der Waals surface area contributed by atoms with E-state index in [0.29, 0.717) is 5.25 Å². The summed E-state index contributed by atoms with van der Waals surface area (Å²) in [6, 6.07) is 2.03. The zero-order chi connectivity index (χ0) is 7.84. The lowest BCUT2D eigenvalue weighted by Crippen LogP contribution is -2.10. The van der Waals surface area contributed by atoms with Crippen LogP contribution in [0, 0.1) is 0 Å². The average Bonchev–Trinajstić information content (AvgIpc) is 2.34. The van der Waals surface area contributed by atoms with E-state index in [1.165, 1.54) is 4.21 Å². The Morgan fingerprint density at radius 3 is 3.27 bits per heavy atom. The topological polar surface area (TPSA) is 20.2 Å². The fraction of sp³-hybridized carbons (Fsp3) is 0.500. The summed E-state index contributed by atoms with van der Waals surface area (Å²) in [6.07, 6.45) is 0.682. The van der Waals surface area contributed by atoms with Crippen LogP contribution < -0.4 is 0 Å². The highest BCUT2D eigenvalue weighted by Crippen LogP contribution is 2.43. The van der Waals surface area contributed by atoms with Gasteiger partial charge in [-0.2, -0.15) is 0 Å². The molecule has 0 fully saturated rings. The number of thioether (sulfide) groups is 1. The van der Waals surface area contributed by atoms with Gasteiger partial charge < -0.3 is 5.11 Å². The predicted octanol–water partition coefficient (Wildman–Crippen LogP) is 2.67. The SMILES string of the molecule is C[C@H]1CC(O)c2ccsc2S1. The van der Waals surface area contributed by atoms with Gasteiger partial charge in [0, 0.05) is 10.8 Å². The Labute approximate surface area is 74.4 Å².